The summed E-state index contributed by atoms with van der Waals surface area (Å²) in [5.41, 5.74) is 11.1. The van der Waals surface area contributed by atoms with Gasteiger partial charge in [0.2, 0.25) is 0 Å². The molecule has 0 unspecified atom stereocenters. The highest BCUT2D eigenvalue weighted by Crippen LogP contribution is 2.28. The summed E-state index contributed by atoms with van der Waals surface area (Å²) in [5, 5.41) is 23.1. The van der Waals surface area contributed by atoms with Gasteiger partial charge in [-0.2, -0.15) is 0 Å². The number of halogens is 1. The molecule has 0 fully saturated rings. The average Bonchev–Trinajstić information content (AvgIpc) is 3.17. The van der Waals surface area contributed by atoms with Crippen molar-refractivity contribution in [3.05, 3.63) is 174 Å². The molecule has 0 saturated heterocycles. The van der Waals surface area contributed by atoms with Crippen LogP contribution in [-0.2, 0) is 0 Å². The first-order valence-corrected chi connectivity index (χ1v) is 17.3. The fourth-order valence-electron chi connectivity index (χ4n) is 5.90. The molecule has 8 rings (SSSR count). The van der Waals surface area contributed by atoms with Crippen LogP contribution in [0.15, 0.2) is 146 Å². The van der Waals surface area contributed by atoms with Crippen molar-refractivity contribution in [2.45, 2.75) is 27.7 Å². The molecule has 0 spiro atoms. The van der Waals surface area contributed by atoms with Crippen molar-refractivity contribution in [2.24, 2.45) is 0 Å². The number of aromatic nitrogens is 4. The van der Waals surface area contributed by atoms with E-state index in [1.807, 2.05) is 44.2 Å². The van der Waals surface area contributed by atoms with Crippen molar-refractivity contribution >= 4 is 45.7 Å². The molecule has 2 N–H and O–H groups in total. The first-order valence-electron chi connectivity index (χ1n) is 16.9. The van der Waals surface area contributed by atoms with Crippen molar-refractivity contribution in [2.75, 3.05) is 0 Å². The fourth-order valence-corrected chi connectivity index (χ4v) is 6.05. The van der Waals surface area contributed by atoms with Gasteiger partial charge in [0.05, 0.1) is 17.1 Å². The van der Waals surface area contributed by atoms with Crippen LogP contribution in [0.5, 0.6) is 0 Å². The summed E-state index contributed by atoms with van der Waals surface area (Å²) in [6.07, 6.45) is 3.13. The lowest BCUT2D eigenvalue weighted by molar-refractivity contribution is 0.425. The number of benzene rings is 6. The lowest BCUT2D eigenvalue weighted by Crippen LogP contribution is -2.32. The number of hydrogen-bond donors (Lipinski definition) is 2. The zero-order valence-corrected chi connectivity index (χ0v) is 30.3. The van der Waals surface area contributed by atoms with Gasteiger partial charge < -0.3 is 10.0 Å². The third kappa shape index (κ3) is 8.95. The third-order valence-electron chi connectivity index (χ3n) is 8.77. The average molecular weight is 701 g/mol. The van der Waals surface area contributed by atoms with E-state index in [1.165, 1.54) is 44.6 Å². The van der Waals surface area contributed by atoms with E-state index in [0.717, 1.165) is 39.3 Å². The largest absolute Gasteiger partial charge is 0.488 e. The molecule has 2 heterocycles. The minimum atomic E-state index is -1.35. The molecule has 2 aromatic heterocycles. The molecule has 0 bridgehead atoms. The summed E-state index contributed by atoms with van der Waals surface area (Å²) in [6, 6.07) is 45.2. The van der Waals surface area contributed by atoms with Crippen LogP contribution in [0, 0.1) is 27.7 Å². The monoisotopic (exact) mass is 700 g/mol. The van der Waals surface area contributed by atoms with Crippen LogP contribution in [0.1, 0.15) is 22.3 Å². The molecule has 6 nitrogen and oxygen atoms in total. The van der Waals surface area contributed by atoms with Gasteiger partial charge in [-0.3, -0.25) is 0 Å². The summed E-state index contributed by atoms with van der Waals surface area (Å²) in [4.78, 5) is 17.1. The van der Waals surface area contributed by atoms with Crippen LogP contribution >= 0.6 is 11.6 Å². The van der Waals surface area contributed by atoms with Gasteiger partial charge in [0.25, 0.3) is 0 Å². The van der Waals surface area contributed by atoms with Crippen molar-refractivity contribution in [3.8, 4) is 33.8 Å². The van der Waals surface area contributed by atoms with E-state index in [2.05, 4.69) is 125 Å². The lowest BCUT2D eigenvalue weighted by Gasteiger charge is -2.09. The molecule has 256 valence electrons. The van der Waals surface area contributed by atoms with E-state index in [4.69, 9.17) is 21.6 Å². The molecule has 0 atom stereocenters. The van der Waals surface area contributed by atoms with E-state index in [0.29, 0.717) is 10.6 Å². The molecule has 6 aromatic carbocycles. The van der Waals surface area contributed by atoms with E-state index in [1.54, 1.807) is 18.5 Å². The quantitative estimate of drug-likeness (QED) is 0.140. The maximum atomic E-state index is 8.88. The minimum absolute atomic E-state index is 0.461. The molecule has 8 aromatic rings. The number of nitrogens with zero attached hydrogens (tertiary/aromatic N) is 4. The van der Waals surface area contributed by atoms with E-state index < -0.39 is 7.12 Å². The maximum Gasteiger partial charge on any atom is 0.488 e. The maximum absolute atomic E-state index is 8.88. The van der Waals surface area contributed by atoms with Crippen LogP contribution in [-0.4, -0.2) is 37.1 Å². The predicted molar refractivity (Wildman–Crippen MR) is 216 cm³/mol. The summed E-state index contributed by atoms with van der Waals surface area (Å²) in [7, 11) is -1.35. The second kappa shape index (κ2) is 16.5. The molecule has 0 saturated carbocycles. The zero-order valence-electron chi connectivity index (χ0n) is 29.5. The third-order valence-corrected chi connectivity index (χ3v) is 8.98. The van der Waals surface area contributed by atoms with Gasteiger partial charge in [-0.25, -0.2) is 19.9 Å². The van der Waals surface area contributed by atoms with E-state index in [-0.39, 0.29) is 0 Å². The Hall–Kier alpha value is -5.73. The van der Waals surface area contributed by atoms with Gasteiger partial charge in [-0.05, 0) is 84.5 Å². The normalized spacial score (nSPS) is 10.6. The Morgan fingerprint density at radius 1 is 0.462 bits per heavy atom. The molecular weight excluding hydrogens is 663 g/mol. The Balaban J connectivity index is 0.000000145. The summed E-state index contributed by atoms with van der Waals surface area (Å²) >= 11 is 5.86. The van der Waals surface area contributed by atoms with Crippen LogP contribution < -0.4 is 5.46 Å². The Bertz CT molecular complexity index is 2490. The minimum Gasteiger partial charge on any atom is -0.423 e. The smallest absolute Gasteiger partial charge is 0.423 e. The van der Waals surface area contributed by atoms with Crippen molar-refractivity contribution < 1.29 is 10.0 Å². The van der Waals surface area contributed by atoms with Gasteiger partial charge in [-0.1, -0.05) is 131 Å². The Morgan fingerprint density at radius 3 is 1.52 bits per heavy atom. The second-order valence-corrected chi connectivity index (χ2v) is 13.1. The van der Waals surface area contributed by atoms with Gasteiger partial charge in [0.1, 0.15) is 17.8 Å². The molecule has 52 heavy (non-hydrogen) atoms. The van der Waals surface area contributed by atoms with Crippen molar-refractivity contribution in [3.63, 3.8) is 0 Å². The zero-order chi connectivity index (χ0) is 36.6. The van der Waals surface area contributed by atoms with Gasteiger partial charge in [-0.15, -0.1) is 0 Å². The summed E-state index contributed by atoms with van der Waals surface area (Å²) < 4.78 is 0. The van der Waals surface area contributed by atoms with E-state index >= 15 is 0 Å². The topological polar surface area (TPSA) is 92.0 Å². The molecule has 0 aliphatic rings. The lowest BCUT2D eigenvalue weighted by atomic mass is 9.77. The summed E-state index contributed by atoms with van der Waals surface area (Å²) in [6.45, 7) is 8.00. The first-order chi connectivity index (χ1) is 25.1. The summed E-state index contributed by atoms with van der Waals surface area (Å²) in [5.74, 6) is 0. The Kier molecular flexibility index (Phi) is 11.5. The molecular formula is C44H38BClN4O2. The molecule has 0 radical (unpaired) electrons. The molecule has 0 aliphatic heterocycles. The number of rotatable bonds is 4. The Morgan fingerprint density at radius 2 is 0.962 bits per heavy atom. The Labute approximate surface area is 309 Å². The highest BCUT2D eigenvalue weighted by molar-refractivity contribution is 6.59. The fraction of sp³-hybridized carbons (Fsp3) is 0.0909. The van der Waals surface area contributed by atoms with Gasteiger partial charge in [0, 0.05) is 22.8 Å². The molecule has 0 amide bonds. The highest BCUT2D eigenvalue weighted by atomic mass is 35.5. The van der Waals surface area contributed by atoms with Crippen molar-refractivity contribution in [1.82, 2.24) is 19.9 Å². The van der Waals surface area contributed by atoms with Crippen LogP contribution in [0.2, 0.25) is 5.15 Å². The SMILES string of the molecule is Cc1ccc(C)c(-c2cc(-c3ccc4ccccc4c3)ncn2)c1.Cc1ccc(C)c(B(O)O)c1.Clc1cc(-c2ccc3ccccc3c2)ncn1. The van der Waals surface area contributed by atoms with Gasteiger partial charge >= 0.3 is 7.12 Å². The predicted octanol–water partition coefficient (Wildman–Crippen LogP) is 9.51. The second-order valence-electron chi connectivity index (χ2n) is 12.7. The highest BCUT2D eigenvalue weighted by Gasteiger charge is 2.13. The first kappa shape index (κ1) is 36.1. The molecule has 0 aliphatic carbocycles. The number of aryl methyl sites for hydroxylation is 4. The van der Waals surface area contributed by atoms with Gasteiger partial charge in [0.15, 0.2) is 0 Å². The molecule has 8 heteroatoms. The number of hydrogen-bond acceptors (Lipinski definition) is 6. The van der Waals surface area contributed by atoms with Crippen LogP contribution in [0.25, 0.3) is 55.3 Å². The van der Waals surface area contributed by atoms with Crippen LogP contribution in [0.3, 0.4) is 0 Å². The van der Waals surface area contributed by atoms with Crippen LogP contribution in [0.4, 0.5) is 0 Å². The number of fused-ring (bicyclic) bond motifs is 2. The van der Waals surface area contributed by atoms with Crippen molar-refractivity contribution in [1.29, 1.82) is 0 Å². The van der Waals surface area contributed by atoms with E-state index in [9.17, 15) is 0 Å². The standard InChI is InChI=1S/C22H18N2.C14H9ClN2.C8H11BO2/c1-15-7-8-16(2)20(11-15)22-13-21(23-14-24-22)19-10-9-17-5-3-4-6-18(17)12-19;15-14-8-13(16-9-17-14)12-6-5-10-3-1-2-4-11(10)7-12;1-6-3-4-7(2)8(5-6)9(10)11/h3-14H,1-2H3;1-9H;3-5,10-11H,1-2H3.